The van der Waals surface area contributed by atoms with Crippen LogP contribution in [-0.4, -0.2) is 0 Å². The van der Waals surface area contributed by atoms with Crippen LogP contribution in [0.4, 0.5) is 0 Å². The van der Waals surface area contributed by atoms with E-state index in [1.807, 2.05) is 11.3 Å². The van der Waals surface area contributed by atoms with Gasteiger partial charge < -0.3 is 0 Å². The summed E-state index contributed by atoms with van der Waals surface area (Å²) in [6, 6.07) is 53.0. The predicted octanol–water partition coefficient (Wildman–Crippen LogP) is 15.6. The van der Waals surface area contributed by atoms with Gasteiger partial charge in [-0.2, -0.15) is 0 Å². The SMILES string of the molecule is CC1(C)c2ccc(-c3cccc(-c4c5ccccc5c(C5=CC=C6C=CC=CC6C5)c5ccccc45)c3)cc2-c2ccc3c(ccc4sc5ccccc5c43)c21. The Kier molecular flexibility index (Phi) is 6.78. The van der Waals surface area contributed by atoms with Crippen LogP contribution >= 0.6 is 11.3 Å². The molecule has 0 N–H and O–H groups in total. The second-order valence-electron chi connectivity index (χ2n) is 16.3. The van der Waals surface area contributed by atoms with Gasteiger partial charge in [0.2, 0.25) is 0 Å². The molecule has 0 saturated carbocycles. The van der Waals surface area contributed by atoms with E-state index in [0.717, 1.165) is 6.42 Å². The van der Waals surface area contributed by atoms with Crippen LogP contribution in [0.3, 0.4) is 0 Å². The lowest BCUT2D eigenvalue weighted by Crippen LogP contribution is -2.15. The average Bonchev–Trinajstić information content (AvgIpc) is 3.74. The van der Waals surface area contributed by atoms with Gasteiger partial charge in [0.15, 0.2) is 0 Å². The van der Waals surface area contributed by atoms with E-state index in [0.29, 0.717) is 5.92 Å². The van der Waals surface area contributed by atoms with E-state index >= 15 is 0 Å². The first-order chi connectivity index (χ1) is 27.5. The smallest absolute Gasteiger partial charge is 0.0361 e. The number of fused-ring (bicyclic) bond motifs is 12. The van der Waals surface area contributed by atoms with Crippen LogP contribution in [0.2, 0.25) is 0 Å². The molecule has 0 saturated heterocycles. The Morgan fingerprint density at radius 1 is 0.518 bits per heavy atom. The molecule has 0 bridgehead atoms. The lowest BCUT2D eigenvalue weighted by Gasteiger charge is -2.25. The minimum atomic E-state index is -0.112. The molecule has 0 aliphatic heterocycles. The molecule has 1 heteroatoms. The van der Waals surface area contributed by atoms with Crippen LogP contribution in [0.1, 0.15) is 37.0 Å². The number of allylic oxidation sites excluding steroid dienone is 8. The van der Waals surface area contributed by atoms with E-state index in [1.54, 1.807) is 0 Å². The third-order valence-electron chi connectivity index (χ3n) is 13.0. The molecule has 12 rings (SSSR count). The highest BCUT2D eigenvalue weighted by Gasteiger charge is 2.37. The summed E-state index contributed by atoms with van der Waals surface area (Å²) in [5.41, 5.74) is 14.7. The van der Waals surface area contributed by atoms with Gasteiger partial charge in [0.05, 0.1) is 0 Å². The van der Waals surface area contributed by atoms with Crippen molar-refractivity contribution in [2.24, 2.45) is 5.92 Å². The van der Waals surface area contributed by atoms with Gasteiger partial charge >= 0.3 is 0 Å². The minimum absolute atomic E-state index is 0.112. The number of hydrogen-bond acceptors (Lipinski definition) is 1. The van der Waals surface area contributed by atoms with Gasteiger partial charge in [0.1, 0.15) is 0 Å². The number of hydrogen-bond donors (Lipinski definition) is 0. The summed E-state index contributed by atoms with van der Waals surface area (Å²) in [4.78, 5) is 0. The van der Waals surface area contributed by atoms with Crippen molar-refractivity contribution in [3.8, 4) is 33.4 Å². The van der Waals surface area contributed by atoms with Crippen molar-refractivity contribution in [1.29, 1.82) is 0 Å². The van der Waals surface area contributed by atoms with Crippen molar-refractivity contribution in [2.45, 2.75) is 25.7 Å². The highest BCUT2D eigenvalue weighted by molar-refractivity contribution is 7.26. The Morgan fingerprint density at radius 3 is 2.02 bits per heavy atom. The first-order valence-electron chi connectivity index (χ1n) is 19.9. The fourth-order valence-corrected chi connectivity index (χ4v) is 11.6. The summed E-state index contributed by atoms with van der Waals surface area (Å²) in [6.07, 6.45) is 14.7. The Bertz CT molecular complexity index is 3240. The molecule has 1 unspecified atom stereocenters. The second kappa shape index (κ2) is 11.9. The number of benzene rings is 8. The van der Waals surface area contributed by atoms with Crippen LogP contribution in [-0.2, 0) is 5.41 Å². The predicted molar refractivity (Wildman–Crippen MR) is 243 cm³/mol. The van der Waals surface area contributed by atoms with Gasteiger partial charge in [-0.05, 0) is 124 Å². The monoisotopic (exact) mass is 730 g/mol. The fourth-order valence-electron chi connectivity index (χ4n) is 10.4. The zero-order valence-corrected chi connectivity index (χ0v) is 32.3. The van der Waals surface area contributed by atoms with E-state index in [2.05, 4.69) is 190 Å². The average molecular weight is 731 g/mol. The first-order valence-corrected chi connectivity index (χ1v) is 20.7. The maximum absolute atomic E-state index is 2.46. The molecule has 0 amide bonds. The topological polar surface area (TPSA) is 0 Å². The Hall–Kier alpha value is -6.28. The normalized spacial score (nSPS) is 16.7. The summed E-state index contributed by atoms with van der Waals surface area (Å²) in [5, 5.41) is 10.7. The van der Waals surface area contributed by atoms with E-state index in [1.165, 1.54) is 114 Å². The Balaban J connectivity index is 1.01. The van der Waals surface area contributed by atoms with E-state index in [4.69, 9.17) is 0 Å². The molecule has 3 aliphatic rings. The zero-order chi connectivity index (χ0) is 37.1. The molecule has 9 aromatic rings. The van der Waals surface area contributed by atoms with Crippen LogP contribution in [0.25, 0.3) is 91.4 Å². The van der Waals surface area contributed by atoms with E-state index in [9.17, 15) is 0 Å². The molecule has 1 aromatic heterocycles. The molecule has 3 aliphatic carbocycles. The molecule has 1 heterocycles. The number of rotatable bonds is 3. The summed E-state index contributed by atoms with van der Waals surface area (Å²) in [7, 11) is 0. The maximum Gasteiger partial charge on any atom is 0.0361 e. The van der Waals surface area contributed by atoms with Crippen LogP contribution in [0, 0.1) is 5.92 Å². The molecule has 0 spiro atoms. The summed E-state index contributed by atoms with van der Waals surface area (Å²) >= 11 is 1.90. The fraction of sp³-hybridized carbons (Fsp3) is 0.0909. The van der Waals surface area contributed by atoms with Gasteiger partial charge in [-0.25, -0.2) is 0 Å². The molecule has 264 valence electrons. The zero-order valence-electron chi connectivity index (χ0n) is 31.4. The quantitative estimate of drug-likeness (QED) is 0.159. The highest BCUT2D eigenvalue weighted by atomic mass is 32.1. The van der Waals surface area contributed by atoms with Crippen molar-refractivity contribution < 1.29 is 0 Å². The maximum atomic E-state index is 2.46. The van der Waals surface area contributed by atoms with Crippen LogP contribution in [0.5, 0.6) is 0 Å². The summed E-state index contributed by atoms with van der Waals surface area (Å²) in [5.74, 6) is 0.426. The van der Waals surface area contributed by atoms with Crippen LogP contribution in [0.15, 0.2) is 182 Å². The summed E-state index contributed by atoms with van der Waals surface area (Å²) in [6.45, 7) is 4.82. The molecule has 0 nitrogen and oxygen atoms in total. The molecule has 8 aromatic carbocycles. The third-order valence-corrected chi connectivity index (χ3v) is 14.1. The number of thiophene rings is 1. The highest BCUT2D eigenvalue weighted by Crippen LogP contribution is 2.54. The molecular formula is C55H38S. The minimum Gasteiger partial charge on any atom is -0.135 e. The molecule has 0 fully saturated rings. The third kappa shape index (κ3) is 4.53. The van der Waals surface area contributed by atoms with Crippen molar-refractivity contribution in [2.75, 3.05) is 0 Å². The lowest BCUT2D eigenvalue weighted by molar-refractivity contribution is 0.666. The molecule has 0 radical (unpaired) electrons. The van der Waals surface area contributed by atoms with Gasteiger partial charge in [0.25, 0.3) is 0 Å². The van der Waals surface area contributed by atoms with Gasteiger partial charge in [-0.1, -0.05) is 166 Å². The Labute approximate surface area is 331 Å². The largest absolute Gasteiger partial charge is 0.135 e. The van der Waals surface area contributed by atoms with E-state index < -0.39 is 0 Å². The molecule has 1 atom stereocenters. The standard InChI is InChI=1S/C55H38S/c1-55(2)48-28-24-36(32-47(48)45-26-25-43-44(54(45)55)27-29-50-53(43)46-20-9-10-21-49(46)56-50)35-14-11-15-37(31-35)51-39-16-5-7-18-41(39)52(42-19-8-6-17-40(42)51)38-23-22-33-12-3-4-13-34(33)30-38/h3-29,31-32,34H,30H2,1-2H3. The van der Waals surface area contributed by atoms with Crippen molar-refractivity contribution in [1.82, 2.24) is 0 Å². The molecular weight excluding hydrogens is 693 g/mol. The molecule has 56 heavy (non-hydrogen) atoms. The van der Waals surface area contributed by atoms with Crippen molar-refractivity contribution in [3.63, 3.8) is 0 Å². The van der Waals surface area contributed by atoms with Crippen LogP contribution < -0.4 is 0 Å². The van der Waals surface area contributed by atoms with Gasteiger partial charge in [-0.15, -0.1) is 11.3 Å². The first kappa shape index (κ1) is 32.0. The van der Waals surface area contributed by atoms with Crippen molar-refractivity contribution >= 4 is 69.4 Å². The second-order valence-corrected chi connectivity index (χ2v) is 17.4. The van der Waals surface area contributed by atoms with Crippen molar-refractivity contribution in [3.05, 3.63) is 198 Å². The van der Waals surface area contributed by atoms with Gasteiger partial charge in [0, 0.05) is 31.5 Å². The Morgan fingerprint density at radius 2 is 1.21 bits per heavy atom. The van der Waals surface area contributed by atoms with E-state index in [-0.39, 0.29) is 5.41 Å². The lowest BCUT2D eigenvalue weighted by atomic mass is 9.78. The van der Waals surface area contributed by atoms with Gasteiger partial charge in [-0.3, -0.25) is 0 Å². The summed E-state index contributed by atoms with van der Waals surface area (Å²) < 4.78 is 2.72.